The van der Waals surface area contributed by atoms with Gasteiger partial charge in [-0.25, -0.2) is 0 Å². The molecule has 0 aliphatic rings. The molecular weight excluding hydrogens is 513 g/mol. The Morgan fingerprint density at radius 3 is 1.71 bits per heavy atom. The lowest BCUT2D eigenvalue weighted by molar-refractivity contribution is -0.536. The van der Waals surface area contributed by atoms with E-state index >= 15 is 0 Å². The van der Waals surface area contributed by atoms with E-state index in [1.807, 2.05) is 6.07 Å². The zero-order valence-corrected chi connectivity index (χ0v) is 21.2. The van der Waals surface area contributed by atoms with E-state index in [1.54, 1.807) is 74.9 Å². The van der Waals surface area contributed by atoms with Crippen molar-refractivity contribution in [3.05, 3.63) is 113 Å². The number of pyridine rings is 1. The van der Waals surface area contributed by atoms with Crippen LogP contribution < -0.4 is 28.0 Å². The Kier molecular flexibility index (Phi) is 9.24. The largest absolute Gasteiger partial charge is 0.872 e. The van der Waals surface area contributed by atoms with E-state index in [2.05, 4.69) is 0 Å². The lowest BCUT2D eigenvalue weighted by Gasteiger charge is -2.14. The highest BCUT2D eigenvalue weighted by Gasteiger charge is 2.42. The fraction of sp³-hybridized carbons (Fsp3) is 0.0769. The lowest BCUT2D eigenvalue weighted by atomic mass is 10.3. The first-order valence-corrected chi connectivity index (χ1v) is 12.4. The van der Waals surface area contributed by atoms with Gasteiger partial charge in [0.15, 0.2) is 12.4 Å². The third-order valence-corrected chi connectivity index (χ3v) is 6.50. The summed E-state index contributed by atoms with van der Waals surface area (Å²) in [6.45, 7) is 0. The molecule has 0 aliphatic carbocycles. The highest BCUT2D eigenvalue weighted by molar-refractivity contribution is 7.47. The molecule has 4 rings (SSSR count). The first-order valence-electron chi connectivity index (χ1n) is 10.9. The second kappa shape index (κ2) is 12.8. The van der Waals surface area contributed by atoms with Crippen LogP contribution in [0.1, 0.15) is 5.56 Å². The van der Waals surface area contributed by atoms with Crippen molar-refractivity contribution in [2.75, 3.05) is 14.2 Å². The summed E-state index contributed by atoms with van der Waals surface area (Å²) in [5.41, 5.74) is 0.263. The standard InChI is InChI=1S/C20H18N2O5P.C6H5NO3/c1-24-17-5-9-19(10-6-17)26-28(23,22-13-3-4-16(14-21)15-22)27-20-11-7-18(25-2)8-12-20;8-6-3-1-5(2-4-6)7(9)10/h3-13,15H,1-2H3;1-4,8H/q+1;/p-1. The van der Waals surface area contributed by atoms with E-state index in [0.717, 1.165) is 12.1 Å². The van der Waals surface area contributed by atoms with E-state index in [9.17, 15) is 19.8 Å². The van der Waals surface area contributed by atoms with Gasteiger partial charge in [0, 0.05) is 18.2 Å². The molecule has 0 unspecified atom stereocenters. The van der Waals surface area contributed by atoms with Crippen molar-refractivity contribution in [3.8, 4) is 34.8 Å². The van der Waals surface area contributed by atoms with E-state index in [0.29, 0.717) is 28.6 Å². The van der Waals surface area contributed by atoms with Crippen LogP contribution in [-0.4, -0.2) is 19.1 Å². The van der Waals surface area contributed by atoms with Crippen molar-refractivity contribution < 1.29 is 37.5 Å². The maximum atomic E-state index is 13.7. The summed E-state index contributed by atoms with van der Waals surface area (Å²) in [5.74, 6) is 1.71. The SMILES string of the molecule is COc1ccc(OP(=O)(Oc2ccc(OC)cc2)[n+]2cccc(C#N)c2)cc1.O=[N+]([O-])c1ccc([O-])cc1. The predicted molar refractivity (Wildman–Crippen MR) is 134 cm³/mol. The van der Waals surface area contributed by atoms with Crippen molar-refractivity contribution in [2.24, 2.45) is 0 Å². The summed E-state index contributed by atoms with van der Waals surface area (Å²) in [4.78, 5) is 9.47. The second-order valence-corrected chi connectivity index (χ2v) is 9.10. The molecule has 1 aromatic heterocycles. The molecule has 0 saturated heterocycles. The highest BCUT2D eigenvalue weighted by Crippen LogP contribution is 2.44. The minimum Gasteiger partial charge on any atom is -0.872 e. The van der Waals surface area contributed by atoms with Crippen molar-refractivity contribution in [1.29, 1.82) is 5.26 Å². The number of rotatable bonds is 8. The number of hydrogen-bond acceptors (Lipinski definition) is 9. The smallest absolute Gasteiger partial charge is 0.728 e. The van der Waals surface area contributed by atoms with Gasteiger partial charge < -0.3 is 23.6 Å². The molecule has 0 fully saturated rings. The molecule has 0 amide bonds. The van der Waals surface area contributed by atoms with Crippen LogP contribution in [0.3, 0.4) is 0 Å². The third-order valence-electron chi connectivity index (χ3n) is 4.81. The Bertz CT molecular complexity index is 1400. The molecule has 12 heteroatoms. The molecule has 0 N–H and O–H groups in total. The fourth-order valence-corrected chi connectivity index (χ4v) is 4.41. The number of aromatic nitrogens is 1. The molecule has 0 aliphatic heterocycles. The molecule has 1 heterocycles. The van der Waals surface area contributed by atoms with Gasteiger partial charge in [-0.05, 0) is 54.6 Å². The van der Waals surface area contributed by atoms with Crippen LogP contribution in [0.25, 0.3) is 0 Å². The highest BCUT2D eigenvalue weighted by atomic mass is 31.2. The van der Waals surface area contributed by atoms with Gasteiger partial charge in [-0.3, -0.25) is 10.1 Å². The molecule has 38 heavy (non-hydrogen) atoms. The Labute approximate surface area is 218 Å². The molecule has 0 atom stereocenters. The van der Waals surface area contributed by atoms with Gasteiger partial charge in [-0.2, -0.15) is 9.83 Å². The van der Waals surface area contributed by atoms with Gasteiger partial charge in [0.1, 0.15) is 34.6 Å². The van der Waals surface area contributed by atoms with Crippen LogP contribution in [0, 0.1) is 21.4 Å². The minimum absolute atomic E-state index is 0.0559. The number of non-ortho nitro benzene ring substituents is 1. The summed E-state index contributed by atoms with van der Waals surface area (Å²) in [7, 11) is -0.814. The van der Waals surface area contributed by atoms with E-state index in [-0.39, 0.29) is 11.4 Å². The molecule has 4 aromatic rings. The van der Waals surface area contributed by atoms with Gasteiger partial charge in [-0.15, -0.1) is 5.75 Å². The Balaban J connectivity index is 0.000000336. The number of nitro groups is 1. The number of ether oxygens (including phenoxy) is 2. The number of hydrogen-bond donors (Lipinski definition) is 0. The normalized spacial score (nSPS) is 10.2. The lowest BCUT2D eigenvalue weighted by Crippen LogP contribution is -2.35. The Morgan fingerprint density at radius 1 is 0.816 bits per heavy atom. The first-order chi connectivity index (χ1) is 18.3. The zero-order valence-electron chi connectivity index (χ0n) is 20.3. The molecule has 0 saturated carbocycles. The molecule has 0 bridgehead atoms. The molecule has 194 valence electrons. The van der Waals surface area contributed by atoms with Crippen LogP contribution in [0.2, 0.25) is 0 Å². The van der Waals surface area contributed by atoms with Crippen LogP contribution in [0.5, 0.6) is 28.7 Å². The van der Waals surface area contributed by atoms with Gasteiger partial charge in [0.2, 0.25) is 0 Å². The van der Waals surface area contributed by atoms with E-state index < -0.39 is 12.7 Å². The summed E-state index contributed by atoms with van der Waals surface area (Å²) in [5, 5.41) is 29.6. The summed E-state index contributed by atoms with van der Waals surface area (Å²) in [6, 6.07) is 23.1. The molecule has 0 radical (unpaired) electrons. The molecular formula is C26H22N3O8P. The summed E-state index contributed by atoms with van der Waals surface area (Å²) < 4.78 is 36.7. The van der Waals surface area contributed by atoms with Crippen LogP contribution in [0.15, 0.2) is 97.3 Å². The number of nitrogens with zero attached hydrogens (tertiary/aromatic N) is 3. The quantitative estimate of drug-likeness (QED) is 0.179. The van der Waals surface area contributed by atoms with Gasteiger partial charge >= 0.3 is 7.75 Å². The van der Waals surface area contributed by atoms with Crippen molar-refractivity contribution in [1.82, 2.24) is 0 Å². The molecule has 0 spiro atoms. The van der Waals surface area contributed by atoms with Gasteiger partial charge in [-0.1, -0.05) is 16.5 Å². The number of nitriles is 1. The third kappa shape index (κ3) is 7.46. The van der Waals surface area contributed by atoms with Crippen molar-refractivity contribution in [2.45, 2.75) is 0 Å². The minimum atomic E-state index is -3.92. The van der Waals surface area contributed by atoms with Crippen molar-refractivity contribution in [3.63, 3.8) is 0 Å². The second-order valence-electron chi connectivity index (χ2n) is 7.34. The zero-order chi connectivity index (χ0) is 27.5. The van der Waals surface area contributed by atoms with Crippen LogP contribution in [-0.2, 0) is 4.57 Å². The summed E-state index contributed by atoms with van der Waals surface area (Å²) in [6.07, 6.45) is 2.93. The predicted octanol–water partition coefficient (Wildman–Crippen LogP) is 4.65. The van der Waals surface area contributed by atoms with E-state index in [1.165, 1.54) is 28.9 Å². The monoisotopic (exact) mass is 535 g/mol. The average Bonchev–Trinajstić information content (AvgIpc) is 2.94. The first kappa shape index (κ1) is 27.5. The van der Waals surface area contributed by atoms with Gasteiger partial charge in [0.05, 0.1) is 19.1 Å². The maximum Gasteiger partial charge on any atom is 0.728 e. The van der Waals surface area contributed by atoms with Crippen LogP contribution in [0.4, 0.5) is 5.69 Å². The maximum absolute atomic E-state index is 13.7. The number of methoxy groups -OCH3 is 2. The Morgan fingerprint density at radius 2 is 1.29 bits per heavy atom. The topological polar surface area (TPSA) is 148 Å². The Hall–Kier alpha value is -5.07. The average molecular weight is 535 g/mol. The van der Waals surface area contributed by atoms with E-state index in [4.69, 9.17) is 23.8 Å². The number of nitro benzene ring substituents is 1. The number of benzene rings is 3. The fourth-order valence-electron chi connectivity index (χ4n) is 2.90. The van der Waals surface area contributed by atoms with Crippen molar-refractivity contribution >= 4 is 13.4 Å². The molecule has 3 aromatic carbocycles. The van der Waals surface area contributed by atoms with Crippen LogP contribution >= 0.6 is 7.75 Å². The van der Waals surface area contributed by atoms with Gasteiger partial charge in [0.25, 0.3) is 5.69 Å². The summed E-state index contributed by atoms with van der Waals surface area (Å²) >= 11 is 0. The molecule has 11 nitrogen and oxygen atoms in total.